The van der Waals surface area contributed by atoms with E-state index in [4.69, 9.17) is 4.42 Å². The molecular weight excluding hydrogens is 358 g/mol. The van der Waals surface area contributed by atoms with Crippen molar-refractivity contribution in [3.8, 4) is 5.69 Å². The fraction of sp³-hybridized carbons (Fsp3) is 0.120. The highest BCUT2D eigenvalue weighted by Crippen LogP contribution is 2.36. The largest absolute Gasteiger partial charge is 0.456 e. The van der Waals surface area contributed by atoms with E-state index in [1.807, 2.05) is 6.07 Å². The van der Waals surface area contributed by atoms with Crippen molar-refractivity contribution in [3.05, 3.63) is 78.0 Å². The zero-order chi connectivity index (χ0) is 18.8. The van der Waals surface area contributed by atoms with Crippen LogP contribution in [0.4, 0.5) is 0 Å². The summed E-state index contributed by atoms with van der Waals surface area (Å²) in [5.74, 6) is 0.584. The Kier molecular flexibility index (Phi) is 3.26. The highest BCUT2D eigenvalue weighted by atomic mass is 28.1. The van der Waals surface area contributed by atoms with E-state index < -0.39 is 0 Å². The summed E-state index contributed by atoms with van der Waals surface area (Å²) < 4.78 is 8.62. The molecule has 1 unspecified atom stereocenters. The monoisotopic (exact) mass is 379 g/mol. The van der Waals surface area contributed by atoms with Crippen LogP contribution in [0.25, 0.3) is 44.6 Å². The molecule has 0 aliphatic heterocycles. The molecule has 2 heterocycles. The number of hydrogen-bond donors (Lipinski definition) is 0. The molecule has 0 bridgehead atoms. The molecule has 0 saturated heterocycles. The Bertz CT molecular complexity index is 1420. The van der Waals surface area contributed by atoms with Crippen LogP contribution >= 0.6 is 0 Å². The molecule has 136 valence electrons. The average Bonchev–Trinajstić information content (AvgIpc) is 3.24. The minimum Gasteiger partial charge on any atom is -0.456 e. The second-order valence-electron chi connectivity index (χ2n) is 7.99. The van der Waals surface area contributed by atoms with Gasteiger partial charge in [-0.15, -0.1) is 0 Å². The van der Waals surface area contributed by atoms with Crippen LogP contribution in [0.3, 0.4) is 0 Å². The molecule has 1 aliphatic carbocycles. The van der Waals surface area contributed by atoms with Crippen molar-refractivity contribution in [2.75, 3.05) is 0 Å². The van der Waals surface area contributed by atoms with Gasteiger partial charge >= 0.3 is 0 Å². The second kappa shape index (κ2) is 5.73. The van der Waals surface area contributed by atoms with E-state index in [0.29, 0.717) is 5.92 Å². The van der Waals surface area contributed by atoms with E-state index in [9.17, 15) is 0 Å². The molecule has 3 aromatic carbocycles. The standard InChI is InChI=1S/C25H21NOSi/c1-15-10-11-22-19(12-15)17-6-2-4-8-21(17)26(22)16-13-20-18-7-3-5-9-23(18)27-25(20)24(28)14-16/h2-11,13-15H,12H2,1,28H3. The highest BCUT2D eigenvalue weighted by molar-refractivity contribution is 6.39. The van der Waals surface area contributed by atoms with Crippen LogP contribution in [-0.2, 0) is 6.42 Å². The molecule has 3 heteroatoms. The molecule has 5 aromatic rings. The van der Waals surface area contributed by atoms with E-state index in [1.165, 1.54) is 43.8 Å². The molecule has 0 fully saturated rings. The van der Waals surface area contributed by atoms with Crippen molar-refractivity contribution in [1.82, 2.24) is 4.57 Å². The van der Waals surface area contributed by atoms with Gasteiger partial charge in [-0.25, -0.2) is 0 Å². The third-order valence-corrected chi connectivity index (χ3v) is 6.78. The molecule has 28 heavy (non-hydrogen) atoms. The number of furan rings is 1. The first-order valence-electron chi connectivity index (χ1n) is 9.93. The summed E-state index contributed by atoms with van der Waals surface area (Å²) in [4.78, 5) is 0. The van der Waals surface area contributed by atoms with Crippen LogP contribution in [0.5, 0.6) is 0 Å². The van der Waals surface area contributed by atoms with Crippen LogP contribution in [0.2, 0.25) is 0 Å². The Hall–Kier alpha value is -3.04. The molecule has 2 aromatic heterocycles. The molecule has 0 saturated carbocycles. The van der Waals surface area contributed by atoms with E-state index in [0.717, 1.165) is 27.8 Å². The van der Waals surface area contributed by atoms with Crippen LogP contribution < -0.4 is 5.19 Å². The summed E-state index contributed by atoms with van der Waals surface area (Å²) in [5, 5.41) is 5.10. The first-order valence-corrected chi connectivity index (χ1v) is 10.9. The number of hydrogen-bond acceptors (Lipinski definition) is 1. The molecule has 0 amide bonds. The zero-order valence-electron chi connectivity index (χ0n) is 16.1. The fourth-order valence-electron chi connectivity index (χ4n) is 4.75. The molecule has 6 rings (SSSR count). The molecule has 2 nitrogen and oxygen atoms in total. The zero-order valence-corrected chi connectivity index (χ0v) is 18.1. The van der Waals surface area contributed by atoms with Crippen molar-refractivity contribution in [2.24, 2.45) is 5.92 Å². The second-order valence-corrected chi connectivity index (χ2v) is 9.07. The van der Waals surface area contributed by atoms with Gasteiger partial charge in [0.05, 0.1) is 5.52 Å². The third kappa shape index (κ3) is 2.14. The maximum Gasteiger partial charge on any atom is 0.135 e. The number of benzene rings is 3. The van der Waals surface area contributed by atoms with Gasteiger partial charge in [0, 0.05) is 37.8 Å². The number of nitrogens with zero attached hydrogens (tertiary/aromatic N) is 1. The van der Waals surface area contributed by atoms with Gasteiger partial charge in [0.1, 0.15) is 11.2 Å². The number of rotatable bonds is 1. The smallest absolute Gasteiger partial charge is 0.135 e. The van der Waals surface area contributed by atoms with Gasteiger partial charge in [-0.3, -0.25) is 0 Å². The highest BCUT2D eigenvalue weighted by Gasteiger charge is 2.21. The maximum atomic E-state index is 6.18. The van der Waals surface area contributed by atoms with Crippen LogP contribution in [-0.4, -0.2) is 14.8 Å². The van der Waals surface area contributed by atoms with Crippen molar-refractivity contribution in [3.63, 3.8) is 0 Å². The Labute approximate surface area is 166 Å². The van der Waals surface area contributed by atoms with Crippen molar-refractivity contribution in [2.45, 2.75) is 13.3 Å². The maximum absolute atomic E-state index is 6.18. The van der Waals surface area contributed by atoms with E-state index in [-0.39, 0.29) is 0 Å². The topological polar surface area (TPSA) is 18.1 Å². The van der Waals surface area contributed by atoms with E-state index in [2.05, 4.69) is 78.2 Å². The average molecular weight is 380 g/mol. The first kappa shape index (κ1) is 16.0. The quantitative estimate of drug-likeness (QED) is 0.385. The summed E-state index contributed by atoms with van der Waals surface area (Å²) in [6.45, 7) is 2.30. The van der Waals surface area contributed by atoms with Gasteiger partial charge < -0.3 is 8.98 Å². The minimum atomic E-state index is 0.584. The summed E-state index contributed by atoms with van der Waals surface area (Å²) in [6.07, 6.45) is 5.75. The molecule has 0 spiro atoms. The minimum absolute atomic E-state index is 0.584. The van der Waals surface area contributed by atoms with E-state index >= 15 is 0 Å². The number of aromatic nitrogens is 1. The van der Waals surface area contributed by atoms with Crippen molar-refractivity contribution >= 4 is 54.3 Å². The Balaban J connectivity index is 1.72. The molecular formula is C25H21NOSi. The van der Waals surface area contributed by atoms with Gasteiger partial charge in [-0.2, -0.15) is 0 Å². The molecule has 0 N–H and O–H groups in total. The van der Waals surface area contributed by atoms with Crippen LogP contribution in [0.15, 0.2) is 71.2 Å². The Morgan fingerprint density at radius 2 is 1.75 bits per heavy atom. The van der Waals surface area contributed by atoms with Crippen molar-refractivity contribution < 1.29 is 4.42 Å². The van der Waals surface area contributed by atoms with Crippen LogP contribution in [0, 0.1) is 5.92 Å². The van der Waals surface area contributed by atoms with Gasteiger partial charge in [-0.05, 0) is 53.4 Å². The number of fused-ring (bicyclic) bond motifs is 6. The lowest BCUT2D eigenvalue weighted by molar-refractivity contribution is 0.671. The molecule has 0 radical (unpaired) electrons. The predicted octanol–water partition coefficient (Wildman–Crippen LogP) is 4.73. The van der Waals surface area contributed by atoms with Gasteiger partial charge in [0.2, 0.25) is 0 Å². The van der Waals surface area contributed by atoms with Gasteiger partial charge in [0.15, 0.2) is 0 Å². The Morgan fingerprint density at radius 1 is 0.964 bits per heavy atom. The summed E-state index contributed by atoms with van der Waals surface area (Å²) in [7, 11) is 0.948. The first-order chi connectivity index (χ1) is 13.7. The van der Waals surface area contributed by atoms with Crippen LogP contribution in [0.1, 0.15) is 18.2 Å². The number of para-hydroxylation sites is 2. The predicted molar refractivity (Wildman–Crippen MR) is 122 cm³/mol. The normalized spacial score (nSPS) is 16.4. The lowest BCUT2D eigenvalue weighted by Crippen LogP contribution is -2.09. The SMILES string of the molecule is CC1C=Cc2c(c3ccccc3n2-c2cc([SiH3])c3oc4ccccc4c3c2)C1. The summed E-state index contributed by atoms with van der Waals surface area (Å²) in [6, 6.07) is 21.8. The van der Waals surface area contributed by atoms with Gasteiger partial charge in [-0.1, -0.05) is 49.4 Å². The number of allylic oxidation sites excluding steroid dienone is 1. The lowest BCUT2D eigenvalue weighted by Gasteiger charge is -2.16. The summed E-state index contributed by atoms with van der Waals surface area (Å²) >= 11 is 0. The van der Waals surface area contributed by atoms with Gasteiger partial charge in [0.25, 0.3) is 0 Å². The summed E-state index contributed by atoms with van der Waals surface area (Å²) in [5.41, 5.74) is 7.34. The molecule has 1 aliphatic rings. The molecule has 1 atom stereocenters. The van der Waals surface area contributed by atoms with E-state index in [1.54, 1.807) is 0 Å². The lowest BCUT2D eigenvalue weighted by atomic mass is 9.93. The third-order valence-electron chi connectivity index (χ3n) is 6.04. The fourth-order valence-corrected chi connectivity index (χ4v) is 5.41. The van der Waals surface area contributed by atoms with Crippen molar-refractivity contribution in [1.29, 1.82) is 0 Å². The Morgan fingerprint density at radius 3 is 2.64 bits per heavy atom.